The molecule has 7 heteroatoms. The van der Waals surface area contributed by atoms with Gasteiger partial charge in [-0.25, -0.2) is 4.79 Å². The topological polar surface area (TPSA) is 93.7 Å². The Morgan fingerprint density at radius 3 is 2.23 bits per heavy atom. The van der Waals surface area contributed by atoms with E-state index in [1.54, 1.807) is 44.2 Å². The van der Waals surface area contributed by atoms with Gasteiger partial charge in [-0.05, 0) is 74.2 Å². The van der Waals surface area contributed by atoms with Crippen LogP contribution in [0.25, 0.3) is 0 Å². The molecule has 0 aliphatic heterocycles. The van der Waals surface area contributed by atoms with Gasteiger partial charge >= 0.3 is 5.97 Å². The van der Waals surface area contributed by atoms with Gasteiger partial charge in [0.2, 0.25) is 0 Å². The monoisotopic (exact) mass is 426 g/mol. The third-order valence-corrected chi connectivity index (χ3v) is 4.77. The molecule has 31 heavy (non-hydrogen) atoms. The van der Waals surface area contributed by atoms with Crippen LogP contribution in [-0.2, 0) is 14.3 Å². The van der Waals surface area contributed by atoms with Crippen LogP contribution in [0.2, 0.25) is 0 Å². The molecule has 0 aliphatic carbocycles. The lowest BCUT2D eigenvalue weighted by molar-refractivity contribution is -0.150. The summed E-state index contributed by atoms with van der Waals surface area (Å²) in [7, 11) is 0. The molecule has 0 radical (unpaired) electrons. The quantitative estimate of drug-likeness (QED) is 0.597. The van der Waals surface area contributed by atoms with E-state index in [0.29, 0.717) is 23.6 Å². The number of carbonyl (C=O) groups excluding carboxylic acids is 3. The van der Waals surface area contributed by atoms with Crippen molar-refractivity contribution in [3.05, 3.63) is 59.2 Å². The molecule has 2 N–H and O–H groups in total. The molecule has 0 saturated carbocycles. The van der Waals surface area contributed by atoms with Gasteiger partial charge in [-0.3, -0.25) is 9.59 Å². The highest BCUT2D eigenvalue weighted by Crippen LogP contribution is 2.15. The molecule has 0 unspecified atom stereocenters. The summed E-state index contributed by atoms with van der Waals surface area (Å²) in [4.78, 5) is 37.2. The number of anilines is 1. The fourth-order valence-electron chi connectivity index (χ4n) is 2.83. The zero-order valence-electron chi connectivity index (χ0n) is 18.7. The highest BCUT2D eigenvalue weighted by atomic mass is 16.5. The lowest BCUT2D eigenvalue weighted by atomic mass is 10.0. The maximum atomic E-state index is 12.5. The number of rotatable bonds is 9. The molecule has 2 rings (SSSR count). The van der Waals surface area contributed by atoms with Gasteiger partial charge < -0.3 is 20.1 Å². The van der Waals surface area contributed by atoms with E-state index in [0.717, 1.165) is 11.1 Å². The zero-order valence-corrected chi connectivity index (χ0v) is 18.7. The molecule has 2 aromatic carbocycles. The Morgan fingerprint density at radius 1 is 0.968 bits per heavy atom. The van der Waals surface area contributed by atoms with Gasteiger partial charge in [-0.2, -0.15) is 0 Å². The molecule has 2 amide bonds. The smallest absolute Gasteiger partial charge is 0.329 e. The number of hydrogen-bond donors (Lipinski definition) is 2. The van der Waals surface area contributed by atoms with Crippen LogP contribution in [0.1, 0.15) is 42.3 Å². The standard InChI is InChI=1S/C24H30N2O5/c1-6-30-20-11-8-18(9-12-20)23(28)26-22(15(2)3)24(29)31-14-21(27)25-19-10-7-16(4)17(5)13-19/h7-13,15,22H,6,14H2,1-5H3,(H,25,27)(H,26,28)/t22-/m0/s1. The molecular weight excluding hydrogens is 396 g/mol. The molecule has 0 aromatic heterocycles. The van der Waals surface area contributed by atoms with Crippen LogP contribution in [0, 0.1) is 19.8 Å². The molecule has 1 atom stereocenters. The van der Waals surface area contributed by atoms with Crippen molar-refractivity contribution in [1.29, 1.82) is 0 Å². The van der Waals surface area contributed by atoms with Crippen molar-refractivity contribution in [3.63, 3.8) is 0 Å². The van der Waals surface area contributed by atoms with Crippen molar-refractivity contribution >= 4 is 23.5 Å². The fraction of sp³-hybridized carbons (Fsp3) is 0.375. The van der Waals surface area contributed by atoms with Crippen molar-refractivity contribution in [1.82, 2.24) is 5.32 Å². The average molecular weight is 427 g/mol. The van der Waals surface area contributed by atoms with Crippen molar-refractivity contribution in [3.8, 4) is 5.75 Å². The van der Waals surface area contributed by atoms with E-state index in [1.807, 2.05) is 32.9 Å². The van der Waals surface area contributed by atoms with Crippen LogP contribution >= 0.6 is 0 Å². The Balaban J connectivity index is 1.92. The third kappa shape index (κ3) is 7.13. The van der Waals surface area contributed by atoms with Crippen molar-refractivity contribution in [2.75, 3.05) is 18.5 Å². The maximum absolute atomic E-state index is 12.5. The Kier molecular flexibility index (Phi) is 8.61. The minimum atomic E-state index is -0.881. The van der Waals surface area contributed by atoms with Gasteiger partial charge in [0.05, 0.1) is 6.61 Å². The molecular formula is C24H30N2O5. The lowest BCUT2D eigenvalue weighted by Crippen LogP contribution is -2.45. The van der Waals surface area contributed by atoms with Gasteiger partial charge in [-0.1, -0.05) is 19.9 Å². The summed E-state index contributed by atoms with van der Waals surface area (Å²) in [5, 5.41) is 5.39. The van der Waals surface area contributed by atoms with E-state index in [4.69, 9.17) is 9.47 Å². The second-order valence-corrected chi connectivity index (χ2v) is 7.61. The Bertz CT molecular complexity index is 922. The maximum Gasteiger partial charge on any atom is 0.329 e. The summed E-state index contributed by atoms with van der Waals surface area (Å²) in [5.41, 5.74) is 3.20. The van der Waals surface area contributed by atoms with Gasteiger partial charge in [0.15, 0.2) is 6.61 Å². The van der Waals surface area contributed by atoms with Crippen LogP contribution in [0.4, 0.5) is 5.69 Å². The van der Waals surface area contributed by atoms with Crippen molar-refractivity contribution < 1.29 is 23.9 Å². The number of amides is 2. The van der Waals surface area contributed by atoms with Crippen molar-refractivity contribution in [2.24, 2.45) is 5.92 Å². The third-order valence-electron chi connectivity index (χ3n) is 4.77. The number of nitrogens with one attached hydrogen (secondary N) is 2. The first-order valence-corrected chi connectivity index (χ1v) is 10.3. The highest BCUT2D eigenvalue weighted by molar-refractivity contribution is 5.97. The summed E-state index contributed by atoms with van der Waals surface area (Å²) in [6, 6.07) is 11.3. The van der Waals surface area contributed by atoms with E-state index in [9.17, 15) is 14.4 Å². The molecule has 7 nitrogen and oxygen atoms in total. The van der Waals surface area contributed by atoms with E-state index < -0.39 is 30.4 Å². The van der Waals surface area contributed by atoms with E-state index in [-0.39, 0.29) is 5.92 Å². The first-order valence-electron chi connectivity index (χ1n) is 10.3. The summed E-state index contributed by atoms with van der Waals surface area (Å²) >= 11 is 0. The Morgan fingerprint density at radius 2 is 1.65 bits per heavy atom. The van der Waals surface area contributed by atoms with Gasteiger partial charge in [0.1, 0.15) is 11.8 Å². The molecule has 0 spiro atoms. The molecule has 166 valence electrons. The van der Waals surface area contributed by atoms with E-state index in [2.05, 4.69) is 10.6 Å². The second-order valence-electron chi connectivity index (χ2n) is 7.61. The first-order chi connectivity index (χ1) is 14.7. The number of esters is 1. The molecule has 0 saturated heterocycles. The summed E-state index contributed by atoms with van der Waals surface area (Å²) in [6.45, 7) is 9.49. The molecule has 0 aliphatic rings. The van der Waals surface area contributed by atoms with E-state index in [1.165, 1.54) is 0 Å². The van der Waals surface area contributed by atoms with Crippen LogP contribution in [0.15, 0.2) is 42.5 Å². The number of ether oxygens (including phenoxy) is 2. The zero-order chi connectivity index (χ0) is 23.0. The minimum absolute atomic E-state index is 0.220. The summed E-state index contributed by atoms with van der Waals surface area (Å²) in [6.07, 6.45) is 0. The van der Waals surface area contributed by atoms with Crippen LogP contribution < -0.4 is 15.4 Å². The summed E-state index contributed by atoms with van der Waals surface area (Å²) < 4.78 is 10.5. The van der Waals surface area contributed by atoms with Crippen molar-refractivity contribution in [2.45, 2.75) is 40.7 Å². The van der Waals surface area contributed by atoms with Gasteiger partial charge in [0.25, 0.3) is 11.8 Å². The van der Waals surface area contributed by atoms with Crippen LogP contribution in [0.5, 0.6) is 5.75 Å². The van der Waals surface area contributed by atoms with Gasteiger partial charge in [-0.15, -0.1) is 0 Å². The Hall–Kier alpha value is -3.35. The van der Waals surface area contributed by atoms with Crippen LogP contribution in [0.3, 0.4) is 0 Å². The molecule has 2 aromatic rings. The second kappa shape index (κ2) is 11.2. The first kappa shape index (κ1) is 23.9. The molecule has 0 fully saturated rings. The fourth-order valence-corrected chi connectivity index (χ4v) is 2.83. The summed E-state index contributed by atoms with van der Waals surface area (Å²) in [5.74, 6) is -1.07. The molecule has 0 heterocycles. The predicted molar refractivity (Wildman–Crippen MR) is 119 cm³/mol. The number of benzene rings is 2. The number of hydrogen-bond acceptors (Lipinski definition) is 5. The highest BCUT2D eigenvalue weighted by Gasteiger charge is 2.26. The van der Waals surface area contributed by atoms with E-state index >= 15 is 0 Å². The number of carbonyl (C=O) groups is 3. The predicted octanol–water partition coefficient (Wildman–Crippen LogP) is 3.64. The SMILES string of the molecule is CCOc1ccc(C(=O)N[C@H](C(=O)OCC(=O)Nc2ccc(C)c(C)c2)C(C)C)cc1. The molecule has 0 bridgehead atoms. The minimum Gasteiger partial charge on any atom is -0.494 e. The normalized spacial score (nSPS) is 11.5. The number of aryl methyl sites for hydroxylation is 2. The average Bonchev–Trinajstić information content (AvgIpc) is 2.73. The van der Waals surface area contributed by atoms with Crippen LogP contribution in [-0.4, -0.2) is 37.0 Å². The largest absolute Gasteiger partial charge is 0.494 e. The van der Waals surface area contributed by atoms with Gasteiger partial charge in [0, 0.05) is 11.3 Å². The lowest BCUT2D eigenvalue weighted by Gasteiger charge is -2.21. The Labute approximate surface area is 183 Å².